The molecule has 0 aliphatic heterocycles. The lowest BCUT2D eigenvalue weighted by atomic mass is 10.5. The van der Waals surface area contributed by atoms with E-state index in [-0.39, 0.29) is 12.4 Å². The highest BCUT2D eigenvalue weighted by Gasteiger charge is 1.66. The highest BCUT2D eigenvalue weighted by Crippen LogP contribution is 1.85. The first-order valence-corrected chi connectivity index (χ1v) is 3.37. The summed E-state index contributed by atoms with van der Waals surface area (Å²) >= 11 is 0. The van der Waals surface area contributed by atoms with Crippen molar-refractivity contribution in [2.75, 3.05) is 0 Å². The van der Waals surface area contributed by atoms with E-state index in [0.717, 1.165) is 12.8 Å². The van der Waals surface area contributed by atoms with Gasteiger partial charge in [0.25, 0.3) is 0 Å². The van der Waals surface area contributed by atoms with Crippen LogP contribution >= 0.6 is 12.4 Å². The number of halogens is 1. The minimum absolute atomic E-state index is 0. The average Bonchev–Trinajstić information content (AvgIpc) is 1.89. The summed E-state index contributed by atoms with van der Waals surface area (Å²) in [7, 11) is 0. The Bertz CT molecular complexity index is 85.4. The Labute approximate surface area is 69.2 Å². The lowest BCUT2D eigenvalue weighted by Gasteiger charge is -1.85. The SMILES string of the molecule is CCC=COC=CCC.Cl. The first-order chi connectivity index (χ1) is 4.41. The maximum absolute atomic E-state index is 4.95. The van der Waals surface area contributed by atoms with Gasteiger partial charge in [0, 0.05) is 0 Å². The molecular weight excluding hydrogens is 148 g/mol. The third-order valence-electron chi connectivity index (χ3n) is 0.821. The first kappa shape index (κ1) is 12.3. The Kier molecular flexibility index (Phi) is 14.0. The smallest absolute Gasteiger partial charge is 0.0861 e. The van der Waals surface area contributed by atoms with Crippen molar-refractivity contribution in [3.05, 3.63) is 24.7 Å². The highest BCUT2D eigenvalue weighted by atomic mass is 35.5. The van der Waals surface area contributed by atoms with E-state index in [1.54, 1.807) is 12.5 Å². The third kappa shape index (κ3) is 10.5. The van der Waals surface area contributed by atoms with Gasteiger partial charge in [-0.3, -0.25) is 0 Å². The fourth-order valence-electron chi connectivity index (χ4n) is 0.349. The van der Waals surface area contributed by atoms with Gasteiger partial charge in [-0.05, 0) is 25.0 Å². The zero-order valence-corrected chi connectivity index (χ0v) is 7.36. The molecule has 0 N–H and O–H groups in total. The van der Waals surface area contributed by atoms with Crippen molar-refractivity contribution >= 4 is 12.4 Å². The number of ether oxygens (including phenoxy) is 1. The van der Waals surface area contributed by atoms with Gasteiger partial charge in [-0.15, -0.1) is 12.4 Å². The predicted octanol–water partition coefficient (Wildman–Crippen LogP) is 3.27. The van der Waals surface area contributed by atoms with E-state index in [2.05, 4.69) is 13.8 Å². The number of allylic oxidation sites excluding steroid dienone is 2. The second-order valence-electron chi connectivity index (χ2n) is 1.70. The Morgan fingerprint density at radius 3 is 1.70 bits per heavy atom. The zero-order chi connectivity index (χ0) is 6.95. The largest absolute Gasteiger partial charge is 0.473 e. The molecule has 0 aliphatic rings. The molecule has 2 heteroatoms. The van der Waals surface area contributed by atoms with Crippen molar-refractivity contribution in [3.63, 3.8) is 0 Å². The van der Waals surface area contributed by atoms with Gasteiger partial charge in [0.05, 0.1) is 12.5 Å². The van der Waals surface area contributed by atoms with Gasteiger partial charge in [0.1, 0.15) is 0 Å². The van der Waals surface area contributed by atoms with E-state index in [9.17, 15) is 0 Å². The van der Waals surface area contributed by atoms with Crippen LogP contribution in [0.4, 0.5) is 0 Å². The molecule has 10 heavy (non-hydrogen) atoms. The summed E-state index contributed by atoms with van der Waals surface area (Å²) in [5, 5.41) is 0. The quantitative estimate of drug-likeness (QED) is 0.577. The summed E-state index contributed by atoms with van der Waals surface area (Å²) < 4.78 is 4.95. The van der Waals surface area contributed by atoms with Crippen LogP contribution in [0.3, 0.4) is 0 Å². The summed E-state index contributed by atoms with van der Waals surface area (Å²) in [6, 6.07) is 0. The molecule has 0 aromatic carbocycles. The second kappa shape index (κ2) is 11.4. The van der Waals surface area contributed by atoms with Crippen molar-refractivity contribution in [2.45, 2.75) is 26.7 Å². The molecule has 0 radical (unpaired) electrons. The minimum Gasteiger partial charge on any atom is -0.473 e. The summed E-state index contributed by atoms with van der Waals surface area (Å²) in [5.74, 6) is 0. The monoisotopic (exact) mass is 162 g/mol. The normalized spacial score (nSPS) is 10.2. The van der Waals surface area contributed by atoms with E-state index < -0.39 is 0 Å². The maximum atomic E-state index is 4.95. The Morgan fingerprint density at radius 2 is 1.40 bits per heavy atom. The van der Waals surface area contributed by atoms with Crippen molar-refractivity contribution < 1.29 is 4.74 Å². The average molecular weight is 163 g/mol. The molecule has 0 saturated heterocycles. The van der Waals surface area contributed by atoms with Crippen LogP contribution < -0.4 is 0 Å². The van der Waals surface area contributed by atoms with Crippen LogP contribution in [-0.2, 0) is 4.74 Å². The van der Waals surface area contributed by atoms with Crippen LogP contribution in [0, 0.1) is 0 Å². The lowest BCUT2D eigenvalue weighted by Crippen LogP contribution is -1.64. The maximum Gasteiger partial charge on any atom is 0.0861 e. The third-order valence-corrected chi connectivity index (χ3v) is 0.821. The molecule has 0 unspecified atom stereocenters. The highest BCUT2D eigenvalue weighted by molar-refractivity contribution is 5.85. The van der Waals surface area contributed by atoms with Crippen LogP contribution in [0.25, 0.3) is 0 Å². The Morgan fingerprint density at radius 1 is 1.00 bits per heavy atom. The van der Waals surface area contributed by atoms with Crippen LogP contribution in [0.2, 0.25) is 0 Å². The van der Waals surface area contributed by atoms with E-state index in [4.69, 9.17) is 4.74 Å². The van der Waals surface area contributed by atoms with E-state index in [0.29, 0.717) is 0 Å². The molecule has 0 aromatic rings. The van der Waals surface area contributed by atoms with Crippen LogP contribution in [0.1, 0.15) is 26.7 Å². The summed E-state index contributed by atoms with van der Waals surface area (Å²) in [5.41, 5.74) is 0. The number of hydrogen-bond donors (Lipinski definition) is 0. The molecule has 0 spiro atoms. The molecule has 0 heterocycles. The topological polar surface area (TPSA) is 9.23 Å². The van der Waals surface area contributed by atoms with Crippen LogP contribution in [-0.4, -0.2) is 0 Å². The van der Waals surface area contributed by atoms with Crippen molar-refractivity contribution in [2.24, 2.45) is 0 Å². The summed E-state index contributed by atoms with van der Waals surface area (Å²) in [4.78, 5) is 0. The fourth-order valence-corrected chi connectivity index (χ4v) is 0.349. The minimum atomic E-state index is 0. The van der Waals surface area contributed by atoms with E-state index >= 15 is 0 Å². The van der Waals surface area contributed by atoms with Gasteiger partial charge < -0.3 is 4.74 Å². The standard InChI is InChI=1S/C8H14O.ClH/c1-3-5-7-9-8-6-4-2;/h5-8H,3-4H2,1-2H3;1H. The van der Waals surface area contributed by atoms with Crippen LogP contribution in [0.5, 0.6) is 0 Å². The predicted molar refractivity (Wildman–Crippen MR) is 47.2 cm³/mol. The molecular formula is C8H15ClO. The molecule has 0 aromatic heterocycles. The van der Waals surface area contributed by atoms with Crippen molar-refractivity contribution in [3.8, 4) is 0 Å². The molecule has 0 rings (SSSR count). The molecule has 60 valence electrons. The summed E-state index contributed by atoms with van der Waals surface area (Å²) in [6.07, 6.45) is 9.40. The van der Waals surface area contributed by atoms with Gasteiger partial charge in [-0.1, -0.05) is 13.8 Å². The fraction of sp³-hybridized carbons (Fsp3) is 0.500. The van der Waals surface area contributed by atoms with Gasteiger partial charge >= 0.3 is 0 Å². The van der Waals surface area contributed by atoms with Gasteiger partial charge in [-0.2, -0.15) is 0 Å². The van der Waals surface area contributed by atoms with Gasteiger partial charge in [0.15, 0.2) is 0 Å². The summed E-state index contributed by atoms with van der Waals surface area (Å²) in [6.45, 7) is 4.15. The molecule has 0 fully saturated rings. The molecule has 0 saturated carbocycles. The van der Waals surface area contributed by atoms with Gasteiger partial charge in [0.2, 0.25) is 0 Å². The molecule has 0 aliphatic carbocycles. The molecule has 0 bridgehead atoms. The molecule has 1 nitrogen and oxygen atoms in total. The second-order valence-corrected chi connectivity index (χ2v) is 1.70. The lowest BCUT2D eigenvalue weighted by molar-refractivity contribution is 0.399. The molecule has 0 amide bonds. The van der Waals surface area contributed by atoms with Crippen molar-refractivity contribution in [1.82, 2.24) is 0 Å². The van der Waals surface area contributed by atoms with Crippen molar-refractivity contribution in [1.29, 1.82) is 0 Å². The molecule has 0 atom stereocenters. The first-order valence-electron chi connectivity index (χ1n) is 3.37. The number of hydrogen-bond acceptors (Lipinski definition) is 1. The Hall–Kier alpha value is -0.430. The van der Waals surface area contributed by atoms with Gasteiger partial charge in [-0.25, -0.2) is 0 Å². The van der Waals surface area contributed by atoms with E-state index in [1.807, 2.05) is 12.2 Å². The number of rotatable bonds is 4. The zero-order valence-electron chi connectivity index (χ0n) is 6.54. The van der Waals surface area contributed by atoms with E-state index in [1.165, 1.54) is 0 Å². The van der Waals surface area contributed by atoms with Crippen LogP contribution in [0.15, 0.2) is 24.7 Å². The Balaban J connectivity index is 0.